The molecule has 0 saturated heterocycles. The summed E-state index contributed by atoms with van der Waals surface area (Å²) in [5, 5.41) is 26.1. The number of para-hydroxylation sites is 2. The van der Waals surface area contributed by atoms with Gasteiger partial charge in [-0.1, -0.05) is 36.4 Å². The number of hydrogen-bond donors (Lipinski definition) is 3. The fourth-order valence-corrected chi connectivity index (χ4v) is 7.07. The predicted molar refractivity (Wildman–Crippen MR) is 128 cm³/mol. The molecular formula is C28H34N2O2. The van der Waals surface area contributed by atoms with Crippen LogP contribution >= 0.6 is 0 Å². The van der Waals surface area contributed by atoms with Gasteiger partial charge in [0.15, 0.2) is 0 Å². The molecule has 6 rings (SSSR count). The summed E-state index contributed by atoms with van der Waals surface area (Å²) in [4.78, 5) is 0. The molecule has 1 aliphatic carbocycles. The first-order chi connectivity index (χ1) is 15.8. The van der Waals surface area contributed by atoms with Gasteiger partial charge in [0.25, 0.3) is 0 Å². The van der Waals surface area contributed by atoms with E-state index in [1.54, 1.807) is 0 Å². The minimum absolute atomic E-state index is 0.0121. The highest BCUT2D eigenvalue weighted by atomic mass is 16.3. The number of rotatable bonds is 1. The maximum atomic E-state index is 10.7. The van der Waals surface area contributed by atoms with Crippen LogP contribution in [0.4, 0.5) is 0 Å². The van der Waals surface area contributed by atoms with E-state index in [4.69, 9.17) is 0 Å². The van der Waals surface area contributed by atoms with Crippen molar-refractivity contribution < 1.29 is 10.2 Å². The van der Waals surface area contributed by atoms with E-state index in [0.717, 1.165) is 51.6 Å². The van der Waals surface area contributed by atoms with Crippen LogP contribution in [-0.4, -0.2) is 40.6 Å². The molecule has 2 aromatic carbocycles. The van der Waals surface area contributed by atoms with Gasteiger partial charge in [-0.05, 0) is 86.7 Å². The molecule has 1 aromatic heterocycles. The molecule has 3 aliphatic rings. The maximum absolute atomic E-state index is 10.7. The van der Waals surface area contributed by atoms with Crippen molar-refractivity contribution in [2.24, 2.45) is 17.8 Å². The van der Waals surface area contributed by atoms with E-state index in [1.165, 1.54) is 33.4 Å². The predicted octanol–water partition coefficient (Wildman–Crippen LogP) is 4.19. The van der Waals surface area contributed by atoms with Gasteiger partial charge in [0.2, 0.25) is 0 Å². The van der Waals surface area contributed by atoms with Crippen LogP contribution in [-0.2, 0) is 12.8 Å². The molecule has 4 nitrogen and oxygen atoms in total. The second-order valence-corrected chi connectivity index (χ2v) is 10.2. The minimum atomic E-state index is -0.377. The molecule has 0 spiro atoms. The lowest BCUT2D eigenvalue weighted by molar-refractivity contribution is -0.0311. The standard InChI is InChI=1S/C28H34N2O2/c31-17-24-23-15-19-10-9-18-5-1-3-7-25(18)30-26-8-4-2-6-21(26)22(28(19)30)13-14-29-16-20(23)11-12-27(24)32/h1-8,19-20,23-24,27,29,31-32H,9-17H2/t19?,20-,23-,24+,27-/m0/s1. The lowest BCUT2D eigenvalue weighted by Gasteiger charge is -2.42. The number of aryl methyl sites for hydroxylation is 1. The Balaban J connectivity index is 1.55. The molecule has 4 heteroatoms. The second-order valence-electron chi connectivity index (χ2n) is 10.2. The fourth-order valence-electron chi connectivity index (χ4n) is 7.07. The van der Waals surface area contributed by atoms with E-state index in [1.807, 2.05) is 0 Å². The van der Waals surface area contributed by atoms with Crippen LogP contribution in [0.15, 0.2) is 48.5 Å². The molecule has 32 heavy (non-hydrogen) atoms. The molecule has 1 fully saturated rings. The van der Waals surface area contributed by atoms with E-state index in [0.29, 0.717) is 17.8 Å². The summed E-state index contributed by atoms with van der Waals surface area (Å²) in [5.74, 6) is 1.30. The van der Waals surface area contributed by atoms with Gasteiger partial charge in [0, 0.05) is 35.2 Å². The van der Waals surface area contributed by atoms with Gasteiger partial charge in [0.1, 0.15) is 0 Å². The summed E-state index contributed by atoms with van der Waals surface area (Å²) < 4.78 is 2.56. The average molecular weight is 431 g/mol. The van der Waals surface area contributed by atoms with Crippen LogP contribution in [0, 0.1) is 17.8 Å². The number of aliphatic hydroxyl groups is 2. The van der Waals surface area contributed by atoms with Gasteiger partial charge in [-0.3, -0.25) is 0 Å². The molecule has 1 saturated carbocycles. The molecule has 5 atom stereocenters. The summed E-state index contributed by atoms with van der Waals surface area (Å²) in [7, 11) is 0. The number of nitrogens with one attached hydrogen (secondary N) is 1. The zero-order valence-electron chi connectivity index (χ0n) is 18.7. The first-order valence-electron chi connectivity index (χ1n) is 12.5. The Hall–Kier alpha value is -2.14. The lowest BCUT2D eigenvalue weighted by Crippen LogP contribution is -2.44. The van der Waals surface area contributed by atoms with Gasteiger partial charge in [0.05, 0.1) is 11.6 Å². The summed E-state index contributed by atoms with van der Waals surface area (Å²) in [6, 6.07) is 17.8. The normalized spacial score (nSPS) is 30.1. The zero-order chi connectivity index (χ0) is 21.7. The van der Waals surface area contributed by atoms with Crippen LogP contribution in [0.3, 0.4) is 0 Å². The minimum Gasteiger partial charge on any atom is -0.396 e. The third-order valence-electron chi connectivity index (χ3n) is 8.61. The van der Waals surface area contributed by atoms with Gasteiger partial charge in [-0.25, -0.2) is 0 Å². The first kappa shape index (κ1) is 20.5. The number of aromatic nitrogens is 1. The third-order valence-corrected chi connectivity index (χ3v) is 8.61. The van der Waals surface area contributed by atoms with Crippen molar-refractivity contribution in [3.63, 3.8) is 0 Å². The molecule has 3 heterocycles. The van der Waals surface area contributed by atoms with Crippen molar-refractivity contribution in [1.29, 1.82) is 0 Å². The molecule has 3 aromatic rings. The Morgan fingerprint density at radius 3 is 2.72 bits per heavy atom. The highest BCUT2D eigenvalue weighted by Gasteiger charge is 2.41. The van der Waals surface area contributed by atoms with Gasteiger partial charge >= 0.3 is 0 Å². The molecule has 3 N–H and O–H groups in total. The SMILES string of the molecule is OC[C@@H]1[C@H]2CC3CCc4ccccc4-n4c3c(c3ccccc34)CCNC[C@@H]2CC[C@@H]1O. The highest BCUT2D eigenvalue weighted by Crippen LogP contribution is 2.47. The monoisotopic (exact) mass is 430 g/mol. The van der Waals surface area contributed by atoms with E-state index in [2.05, 4.69) is 58.4 Å². The number of fused-ring (bicyclic) bond motifs is 6. The van der Waals surface area contributed by atoms with Gasteiger partial charge in [-0.15, -0.1) is 0 Å². The zero-order valence-corrected chi connectivity index (χ0v) is 18.7. The van der Waals surface area contributed by atoms with E-state index in [9.17, 15) is 10.2 Å². The summed E-state index contributed by atoms with van der Waals surface area (Å²) >= 11 is 0. The first-order valence-corrected chi connectivity index (χ1v) is 12.5. The summed E-state index contributed by atoms with van der Waals surface area (Å²) in [6.45, 7) is 2.06. The maximum Gasteiger partial charge on any atom is 0.0593 e. The Morgan fingerprint density at radius 1 is 0.969 bits per heavy atom. The highest BCUT2D eigenvalue weighted by molar-refractivity contribution is 5.88. The van der Waals surface area contributed by atoms with Crippen LogP contribution in [0.1, 0.15) is 48.4 Å². The van der Waals surface area contributed by atoms with Crippen molar-refractivity contribution >= 4 is 10.9 Å². The van der Waals surface area contributed by atoms with Crippen LogP contribution in [0.25, 0.3) is 16.6 Å². The Morgan fingerprint density at radius 2 is 1.81 bits per heavy atom. The van der Waals surface area contributed by atoms with Crippen molar-refractivity contribution in [2.45, 2.75) is 50.5 Å². The van der Waals surface area contributed by atoms with Crippen LogP contribution < -0.4 is 5.32 Å². The Kier molecular flexibility index (Phi) is 5.33. The van der Waals surface area contributed by atoms with Crippen molar-refractivity contribution in [3.05, 3.63) is 65.4 Å². The quantitative estimate of drug-likeness (QED) is 0.543. The molecule has 0 radical (unpaired) electrons. The molecule has 168 valence electrons. The number of benzene rings is 2. The smallest absolute Gasteiger partial charge is 0.0593 e. The van der Waals surface area contributed by atoms with Crippen LogP contribution in [0.5, 0.6) is 0 Å². The fraction of sp³-hybridized carbons (Fsp3) is 0.500. The largest absolute Gasteiger partial charge is 0.396 e. The number of aliphatic hydroxyl groups excluding tert-OH is 2. The van der Waals surface area contributed by atoms with Crippen molar-refractivity contribution in [2.75, 3.05) is 19.7 Å². The van der Waals surface area contributed by atoms with Gasteiger partial charge < -0.3 is 20.1 Å². The van der Waals surface area contributed by atoms with Gasteiger partial charge in [-0.2, -0.15) is 0 Å². The summed E-state index contributed by atoms with van der Waals surface area (Å²) in [6.07, 6.45) is 5.80. The van der Waals surface area contributed by atoms with Crippen molar-refractivity contribution in [3.8, 4) is 5.69 Å². The average Bonchev–Trinajstić information content (AvgIpc) is 3.05. The summed E-state index contributed by atoms with van der Waals surface area (Å²) in [5.41, 5.74) is 7.04. The third kappa shape index (κ3) is 3.23. The molecular weight excluding hydrogens is 396 g/mol. The topological polar surface area (TPSA) is 57.4 Å². The second kappa shape index (κ2) is 8.33. The Bertz CT molecular complexity index is 1120. The number of nitrogens with zero attached hydrogens (tertiary/aromatic N) is 1. The van der Waals surface area contributed by atoms with E-state index in [-0.39, 0.29) is 18.6 Å². The lowest BCUT2D eigenvalue weighted by atomic mass is 9.66. The van der Waals surface area contributed by atoms with E-state index < -0.39 is 0 Å². The Labute approximate surface area is 190 Å². The molecule has 2 aliphatic heterocycles. The number of hydrogen-bond acceptors (Lipinski definition) is 3. The van der Waals surface area contributed by atoms with Crippen LogP contribution in [0.2, 0.25) is 0 Å². The molecule has 0 amide bonds. The van der Waals surface area contributed by atoms with E-state index >= 15 is 0 Å². The van der Waals surface area contributed by atoms with Crippen molar-refractivity contribution in [1.82, 2.24) is 9.88 Å². The molecule has 1 unspecified atom stereocenters. The molecule has 0 bridgehead atoms.